The zero-order chi connectivity index (χ0) is 25.5. The average Bonchev–Trinajstić information content (AvgIpc) is 3.33. The van der Waals surface area contributed by atoms with Crippen LogP contribution in [0.25, 0.3) is 17.0 Å². The van der Waals surface area contributed by atoms with Gasteiger partial charge in [0.1, 0.15) is 0 Å². The summed E-state index contributed by atoms with van der Waals surface area (Å²) in [5.74, 6) is 0.102. The van der Waals surface area contributed by atoms with Crippen LogP contribution in [0.5, 0.6) is 0 Å². The van der Waals surface area contributed by atoms with E-state index in [2.05, 4.69) is 83.5 Å². The predicted octanol–water partition coefficient (Wildman–Crippen LogP) is 6.49. The Kier molecular flexibility index (Phi) is 6.00. The van der Waals surface area contributed by atoms with Gasteiger partial charge in [-0.15, -0.1) is 0 Å². The van der Waals surface area contributed by atoms with Crippen molar-refractivity contribution >= 4 is 22.9 Å². The average molecular weight is 490 g/mol. The van der Waals surface area contributed by atoms with E-state index in [4.69, 9.17) is 0 Å². The summed E-state index contributed by atoms with van der Waals surface area (Å²) in [5, 5.41) is 1.30. The van der Waals surface area contributed by atoms with Crippen molar-refractivity contribution in [1.29, 1.82) is 0 Å². The summed E-state index contributed by atoms with van der Waals surface area (Å²) < 4.78 is 0. The van der Waals surface area contributed by atoms with Gasteiger partial charge in [-0.1, -0.05) is 78.9 Å². The highest BCUT2D eigenvalue weighted by molar-refractivity contribution is 5.93. The summed E-state index contributed by atoms with van der Waals surface area (Å²) in [4.78, 5) is 22.2. The summed E-state index contributed by atoms with van der Waals surface area (Å²) in [7, 11) is 4.40. The molecule has 1 amide bonds. The minimum Gasteiger partial charge on any atom is -0.356 e. The van der Waals surface area contributed by atoms with Crippen molar-refractivity contribution in [1.82, 2.24) is 14.8 Å². The Morgan fingerprint density at radius 3 is 2.22 bits per heavy atom. The van der Waals surface area contributed by atoms with E-state index >= 15 is 0 Å². The van der Waals surface area contributed by atoms with E-state index in [1.807, 2.05) is 36.4 Å². The van der Waals surface area contributed by atoms with Gasteiger partial charge in [0.15, 0.2) is 0 Å². The molecule has 6 rings (SSSR count). The number of hydrogen-bond acceptors (Lipinski definition) is 2. The van der Waals surface area contributed by atoms with E-state index in [1.165, 1.54) is 27.7 Å². The fourth-order valence-electron chi connectivity index (χ4n) is 6.91. The molecule has 0 saturated heterocycles. The van der Waals surface area contributed by atoms with Crippen LogP contribution in [-0.4, -0.2) is 41.3 Å². The standard InChI is InChI=1S/C33H35N3O/c1-35(2)32(26-13-7-4-8-14-26)20-22-33(23-21-32)31-28(27-15-9-10-16-29(27)34-31)19-24-36(33)30(37)18-17-25-11-5-3-6-12-25/h3-18,34H,19-24H2,1-2H3/b18-17+/t32-,33+. The maximum absolute atomic E-state index is 13.8. The molecule has 4 aromatic rings. The minimum atomic E-state index is -0.334. The Hall–Kier alpha value is -3.63. The van der Waals surface area contributed by atoms with Crippen molar-refractivity contribution in [3.05, 3.63) is 113 Å². The quantitative estimate of drug-likeness (QED) is 0.333. The number of aromatic amines is 1. The monoisotopic (exact) mass is 489 g/mol. The minimum absolute atomic E-state index is 0.0370. The molecule has 3 aromatic carbocycles. The lowest BCUT2D eigenvalue weighted by Crippen LogP contribution is -2.58. The van der Waals surface area contributed by atoms with Gasteiger partial charge in [-0.05, 0) is 75.0 Å². The van der Waals surface area contributed by atoms with Gasteiger partial charge in [0.25, 0.3) is 0 Å². The molecule has 2 heterocycles. The van der Waals surface area contributed by atoms with E-state index in [0.717, 1.165) is 44.2 Å². The molecule has 4 nitrogen and oxygen atoms in total. The third kappa shape index (κ3) is 3.91. The van der Waals surface area contributed by atoms with Gasteiger partial charge in [-0.25, -0.2) is 0 Å². The zero-order valence-corrected chi connectivity index (χ0v) is 21.8. The second-order valence-electron chi connectivity index (χ2n) is 10.8. The van der Waals surface area contributed by atoms with Crippen molar-refractivity contribution in [3.8, 4) is 0 Å². The molecule has 1 aliphatic heterocycles. The molecule has 1 fully saturated rings. The summed E-state index contributed by atoms with van der Waals surface area (Å²) in [6, 6.07) is 29.6. The van der Waals surface area contributed by atoms with Crippen LogP contribution in [0, 0.1) is 0 Å². The van der Waals surface area contributed by atoms with E-state index in [-0.39, 0.29) is 17.0 Å². The summed E-state index contributed by atoms with van der Waals surface area (Å²) in [6.07, 6.45) is 8.43. The number of para-hydroxylation sites is 1. The fraction of sp³-hybridized carbons (Fsp3) is 0.303. The van der Waals surface area contributed by atoms with Gasteiger partial charge >= 0.3 is 0 Å². The van der Waals surface area contributed by atoms with E-state index in [9.17, 15) is 4.79 Å². The van der Waals surface area contributed by atoms with Crippen molar-refractivity contribution in [2.75, 3.05) is 20.6 Å². The molecule has 1 spiro atoms. The summed E-state index contributed by atoms with van der Waals surface area (Å²) >= 11 is 0. The molecule has 1 saturated carbocycles. The SMILES string of the molecule is CN(C)[C@]1(c2ccccc2)CC[C@]2(CC1)c1[nH]c3ccccc3c1CCN2C(=O)/C=C/c1ccccc1. The first-order valence-corrected chi connectivity index (χ1v) is 13.4. The van der Waals surface area contributed by atoms with Gasteiger partial charge in [-0.3, -0.25) is 9.69 Å². The Labute approximate surface area is 219 Å². The molecule has 1 aromatic heterocycles. The topological polar surface area (TPSA) is 39.3 Å². The molecule has 2 aliphatic rings. The number of H-pyrrole nitrogens is 1. The number of carbonyl (C=O) groups excluding carboxylic acids is 1. The number of aromatic nitrogens is 1. The Balaban J connectivity index is 1.41. The molecule has 188 valence electrons. The number of hydrogen-bond donors (Lipinski definition) is 1. The lowest BCUT2D eigenvalue weighted by atomic mass is 9.65. The lowest BCUT2D eigenvalue weighted by Gasteiger charge is -2.55. The molecule has 0 atom stereocenters. The lowest BCUT2D eigenvalue weighted by molar-refractivity contribution is -0.137. The molecule has 1 aliphatic carbocycles. The van der Waals surface area contributed by atoms with Crippen molar-refractivity contribution in [2.45, 2.75) is 43.2 Å². The van der Waals surface area contributed by atoms with Gasteiger partial charge in [0.2, 0.25) is 5.91 Å². The molecular formula is C33H35N3O. The van der Waals surface area contributed by atoms with Gasteiger partial charge in [0.05, 0.1) is 5.54 Å². The van der Waals surface area contributed by atoms with Crippen LogP contribution >= 0.6 is 0 Å². The van der Waals surface area contributed by atoms with Crippen molar-refractivity contribution in [2.24, 2.45) is 0 Å². The number of amides is 1. The highest BCUT2D eigenvalue weighted by Crippen LogP contribution is 2.53. The molecule has 0 unspecified atom stereocenters. The first-order valence-electron chi connectivity index (χ1n) is 13.4. The number of nitrogens with zero attached hydrogens (tertiary/aromatic N) is 2. The Bertz CT molecular complexity index is 1430. The maximum Gasteiger partial charge on any atom is 0.247 e. The number of carbonyl (C=O) groups is 1. The first-order chi connectivity index (χ1) is 18.0. The van der Waals surface area contributed by atoms with Crippen LogP contribution in [0.2, 0.25) is 0 Å². The number of benzene rings is 3. The van der Waals surface area contributed by atoms with Crippen LogP contribution in [0.4, 0.5) is 0 Å². The number of fused-ring (bicyclic) bond motifs is 4. The molecule has 0 bridgehead atoms. The summed E-state index contributed by atoms with van der Waals surface area (Å²) in [6.45, 7) is 0.743. The third-order valence-electron chi connectivity index (χ3n) is 8.94. The Morgan fingerprint density at radius 1 is 0.865 bits per heavy atom. The van der Waals surface area contributed by atoms with Crippen LogP contribution in [0.15, 0.2) is 91.0 Å². The number of rotatable bonds is 4. The van der Waals surface area contributed by atoms with Gasteiger partial charge in [-0.2, -0.15) is 0 Å². The fourth-order valence-corrected chi connectivity index (χ4v) is 6.91. The maximum atomic E-state index is 13.8. The highest BCUT2D eigenvalue weighted by Gasteiger charge is 2.52. The van der Waals surface area contributed by atoms with Crippen LogP contribution < -0.4 is 0 Å². The molecule has 0 radical (unpaired) electrons. The summed E-state index contributed by atoms with van der Waals surface area (Å²) in [5.41, 5.74) is 5.86. The van der Waals surface area contributed by atoms with Crippen LogP contribution in [0.3, 0.4) is 0 Å². The van der Waals surface area contributed by atoms with E-state index in [1.54, 1.807) is 6.08 Å². The van der Waals surface area contributed by atoms with E-state index in [0.29, 0.717) is 0 Å². The normalized spacial score (nSPS) is 23.7. The first kappa shape index (κ1) is 23.7. The molecule has 4 heteroatoms. The van der Waals surface area contributed by atoms with Crippen molar-refractivity contribution < 1.29 is 4.79 Å². The largest absolute Gasteiger partial charge is 0.356 e. The predicted molar refractivity (Wildman–Crippen MR) is 151 cm³/mol. The van der Waals surface area contributed by atoms with Crippen molar-refractivity contribution in [3.63, 3.8) is 0 Å². The molecular weight excluding hydrogens is 454 g/mol. The van der Waals surface area contributed by atoms with Crippen LogP contribution in [0.1, 0.15) is 48.1 Å². The van der Waals surface area contributed by atoms with Crippen LogP contribution in [-0.2, 0) is 22.3 Å². The van der Waals surface area contributed by atoms with E-state index < -0.39 is 0 Å². The zero-order valence-electron chi connectivity index (χ0n) is 21.8. The highest BCUT2D eigenvalue weighted by atomic mass is 16.2. The number of nitrogens with one attached hydrogen (secondary N) is 1. The molecule has 37 heavy (non-hydrogen) atoms. The third-order valence-corrected chi connectivity index (χ3v) is 8.94. The van der Waals surface area contributed by atoms with Gasteiger partial charge < -0.3 is 9.88 Å². The second kappa shape index (κ2) is 9.35. The van der Waals surface area contributed by atoms with Gasteiger partial charge in [0, 0.05) is 34.8 Å². The molecule has 1 N–H and O–H groups in total. The second-order valence-corrected chi connectivity index (χ2v) is 10.8. The smallest absolute Gasteiger partial charge is 0.247 e. The Morgan fingerprint density at radius 2 is 1.51 bits per heavy atom.